The van der Waals surface area contributed by atoms with Crippen LogP contribution in [-0.4, -0.2) is 32.8 Å². The molecule has 0 aliphatic carbocycles. The van der Waals surface area contributed by atoms with Crippen LogP contribution in [0.4, 0.5) is 0 Å². The zero-order chi connectivity index (χ0) is 15.8. The van der Waals surface area contributed by atoms with Gasteiger partial charge in [-0.25, -0.2) is 0 Å². The Morgan fingerprint density at radius 3 is 2.50 bits per heavy atom. The van der Waals surface area contributed by atoms with Crippen LogP contribution in [0, 0.1) is 6.07 Å². The predicted octanol–water partition coefficient (Wildman–Crippen LogP) is -4.13. The molecule has 2 aromatic rings. The summed E-state index contributed by atoms with van der Waals surface area (Å²) in [7, 11) is 3.16. The topological polar surface area (TPSA) is 53.9 Å². The summed E-state index contributed by atoms with van der Waals surface area (Å²) in [5.41, 5.74) is 1.59. The Hall–Kier alpha value is -1.14. The summed E-state index contributed by atoms with van der Waals surface area (Å²) in [5, 5.41) is 12.3. The summed E-state index contributed by atoms with van der Waals surface area (Å²) in [5.74, 6) is 0.306. The molecule has 0 saturated carbocycles. The van der Waals surface area contributed by atoms with Crippen LogP contribution >= 0.6 is 0 Å². The second kappa shape index (κ2) is 12.3. The second-order valence-corrected chi connectivity index (χ2v) is 4.89. The Morgan fingerprint density at radius 1 is 1.17 bits per heavy atom. The Labute approximate surface area is 167 Å². The number of rotatable bonds is 7. The van der Waals surface area contributed by atoms with Crippen LogP contribution in [0.5, 0.6) is 5.75 Å². The van der Waals surface area contributed by atoms with Gasteiger partial charge >= 0.3 is 37.7 Å². The van der Waals surface area contributed by atoms with Crippen LogP contribution in [0.3, 0.4) is 0 Å². The maximum Gasteiger partial charge on any atom is 1.00 e. The van der Waals surface area contributed by atoms with E-state index in [1.807, 2.05) is 30.3 Å². The summed E-state index contributed by atoms with van der Waals surface area (Å²) in [6.45, 7) is 0.397. The van der Waals surface area contributed by atoms with E-state index in [9.17, 15) is 5.11 Å². The van der Waals surface area contributed by atoms with E-state index in [1.54, 1.807) is 32.4 Å². The van der Waals surface area contributed by atoms with Crippen LogP contribution in [0.25, 0.3) is 0 Å². The van der Waals surface area contributed by atoms with E-state index in [0.29, 0.717) is 24.3 Å². The van der Waals surface area contributed by atoms with Gasteiger partial charge in [-0.1, -0.05) is 36.2 Å². The van der Waals surface area contributed by atoms with Gasteiger partial charge in [-0.2, -0.15) is 12.1 Å². The quantitative estimate of drug-likeness (QED) is 0.226. The van der Waals surface area contributed by atoms with Crippen molar-refractivity contribution in [2.75, 3.05) is 20.8 Å². The summed E-state index contributed by atoms with van der Waals surface area (Å²) in [6.07, 6.45) is 0.661. The molecule has 4 nitrogen and oxygen atoms in total. The average molecular weight is 311 g/mol. The molecule has 0 aromatic heterocycles. The van der Waals surface area contributed by atoms with Crippen LogP contribution in [0.2, 0.25) is 0 Å². The first kappa shape index (κ1) is 22.9. The molecule has 0 unspecified atom stereocenters. The molecule has 2 rings (SSSR count). The molecule has 0 fully saturated rings. The summed E-state index contributed by atoms with van der Waals surface area (Å²) < 4.78 is 10.3. The largest absolute Gasteiger partial charge is 1.00 e. The molecular formula is C18H19Li2NO3. The van der Waals surface area contributed by atoms with Gasteiger partial charge < -0.3 is 19.6 Å². The summed E-state index contributed by atoms with van der Waals surface area (Å²) >= 11 is 0. The Morgan fingerprint density at radius 2 is 1.88 bits per heavy atom. The van der Waals surface area contributed by atoms with Crippen molar-refractivity contribution in [3.05, 3.63) is 65.7 Å². The SMILES string of the molecule is COC[C@H](Cc1ccccc1)N=C([O-])c1c[c-]cc(OC)c1.[Li+].[Li+]. The van der Waals surface area contributed by atoms with Gasteiger partial charge in [0.1, 0.15) is 0 Å². The zero-order valence-corrected chi connectivity index (χ0v) is 14.8. The first-order valence-corrected chi connectivity index (χ1v) is 7.06. The van der Waals surface area contributed by atoms with Gasteiger partial charge in [-0.3, -0.25) is 0 Å². The smallest absolute Gasteiger partial charge is 0.868 e. The number of nitrogens with zero attached hydrogens (tertiary/aromatic N) is 1. The van der Waals surface area contributed by atoms with Gasteiger partial charge in [0, 0.05) is 12.9 Å². The van der Waals surface area contributed by atoms with Crippen molar-refractivity contribution in [3.8, 4) is 5.75 Å². The van der Waals surface area contributed by atoms with E-state index in [2.05, 4.69) is 11.1 Å². The molecular weight excluding hydrogens is 292 g/mol. The minimum Gasteiger partial charge on any atom is -0.868 e. The fourth-order valence-electron chi connectivity index (χ4n) is 2.15. The molecule has 6 heteroatoms. The molecule has 0 bridgehead atoms. The van der Waals surface area contributed by atoms with Gasteiger partial charge in [0.15, 0.2) is 0 Å². The maximum atomic E-state index is 12.3. The molecule has 0 aliphatic heterocycles. The van der Waals surface area contributed by atoms with Gasteiger partial charge in [0.2, 0.25) is 0 Å². The van der Waals surface area contributed by atoms with E-state index in [-0.39, 0.29) is 49.7 Å². The number of hydrogen-bond acceptors (Lipinski definition) is 4. The van der Waals surface area contributed by atoms with Crippen LogP contribution < -0.4 is 47.6 Å². The Balaban J connectivity index is 0.00000264. The van der Waals surface area contributed by atoms with Crippen LogP contribution in [0.15, 0.2) is 53.5 Å². The van der Waals surface area contributed by atoms with Crippen molar-refractivity contribution in [3.63, 3.8) is 0 Å². The van der Waals surface area contributed by atoms with Crippen LogP contribution in [0.1, 0.15) is 11.1 Å². The third kappa shape index (κ3) is 7.18. The maximum absolute atomic E-state index is 12.3. The summed E-state index contributed by atoms with van der Waals surface area (Å²) in [6, 6.07) is 17.5. The third-order valence-electron chi connectivity index (χ3n) is 3.22. The van der Waals surface area contributed by atoms with E-state index in [4.69, 9.17) is 9.47 Å². The van der Waals surface area contributed by atoms with Crippen molar-refractivity contribution in [1.29, 1.82) is 0 Å². The molecule has 116 valence electrons. The Bertz CT molecular complexity index is 621. The molecule has 0 heterocycles. The summed E-state index contributed by atoms with van der Waals surface area (Å²) in [4.78, 5) is 4.27. The molecule has 0 radical (unpaired) electrons. The molecule has 24 heavy (non-hydrogen) atoms. The molecule has 0 aliphatic rings. The molecule has 0 N–H and O–H groups in total. The normalized spacial score (nSPS) is 11.8. The van der Waals surface area contributed by atoms with Gasteiger partial charge in [-0.15, -0.1) is 17.7 Å². The fraction of sp³-hybridized carbons (Fsp3) is 0.278. The van der Waals surface area contributed by atoms with E-state index in [1.165, 1.54) is 0 Å². The van der Waals surface area contributed by atoms with Crippen molar-refractivity contribution >= 4 is 5.90 Å². The van der Waals surface area contributed by atoms with E-state index < -0.39 is 0 Å². The molecule has 0 spiro atoms. The van der Waals surface area contributed by atoms with Crippen LogP contribution in [-0.2, 0) is 11.2 Å². The number of aliphatic imine (C=N–C) groups is 1. The Kier molecular flexibility index (Phi) is 11.7. The van der Waals surface area contributed by atoms with Gasteiger partial charge in [0.25, 0.3) is 0 Å². The average Bonchev–Trinajstić information content (AvgIpc) is 2.56. The van der Waals surface area contributed by atoms with Crippen molar-refractivity contribution in [2.45, 2.75) is 12.5 Å². The number of ether oxygens (including phenoxy) is 2. The minimum atomic E-state index is -0.284. The molecule has 0 amide bonds. The number of benzene rings is 2. The monoisotopic (exact) mass is 311 g/mol. The van der Waals surface area contributed by atoms with E-state index >= 15 is 0 Å². The standard InChI is InChI=1S/C18H20NO3.2Li/c1-21-13-16(11-14-7-4-3-5-8-14)19-18(20)15-9-6-10-17(12-15)22-2;;/h3-5,7-10,12,16H,11,13H2,1-2H3,(H,19,20);;/q-1;2*+1/p-1/t16-;;/m0../s1. The fourth-order valence-corrected chi connectivity index (χ4v) is 2.15. The minimum absolute atomic E-state index is 0. The first-order chi connectivity index (χ1) is 10.7. The van der Waals surface area contributed by atoms with E-state index in [0.717, 1.165) is 5.56 Å². The predicted molar refractivity (Wildman–Crippen MR) is 84.2 cm³/mol. The third-order valence-corrected chi connectivity index (χ3v) is 3.22. The van der Waals surface area contributed by atoms with Crippen molar-refractivity contribution in [1.82, 2.24) is 0 Å². The molecule has 2 aromatic carbocycles. The number of hydrogen-bond donors (Lipinski definition) is 0. The molecule has 0 saturated heterocycles. The second-order valence-electron chi connectivity index (χ2n) is 4.89. The first-order valence-electron chi connectivity index (χ1n) is 7.06. The van der Waals surface area contributed by atoms with Crippen molar-refractivity contribution in [2.24, 2.45) is 4.99 Å². The van der Waals surface area contributed by atoms with Gasteiger partial charge in [0.05, 0.1) is 19.8 Å². The number of methoxy groups -OCH3 is 2. The zero-order valence-electron chi connectivity index (χ0n) is 14.8. The molecule has 1 atom stereocenters. The van der Waals surface area contributed by atoms with Gasteiger partial charge in [-0.05, 0) is 12.0 Å². The van der Waals surface area contributed by atoms with Crippen molar-refractivity contribution < 1.29 is 52.3 Å².